The second-order valence-corrected chi connectivity index (χ2v) is 5.55. The van der Waals surface area contributed by atoms with E-state index in [9.17, 15) is 4.79 Å². The van der Waals surface area contributed by atoms with Crippen molar-refractivity contribution in [2.45, 2.75) is 13.5 Å². The van der Waals surface area contributed by atoms with E-state index < -0.39 is 5.97 Å². The lowest BCUT2D eigenvalue weighted by atomic mass is 10.2. The second-order valence-electron chi connectivity index (χ2n) is 5.11. The van der Waals surface area contributed by atoms with Crippen LogP contribution in [0.1, 0.15) is 11.3 Å². The van der Waals surface area contributed by atoms with E-state index in [1.165, 1.54) is 0 Å². The molecule has 0 saturated carbocycles. The fourth-order valence-electron chi connectivity index (χ4n) is 2.13. The number of carbonyl (C=O) groups excluding carboxylic acids is 1. The highest BCUT2D eigenvalue weighted by atomic mass is 35.5. The van der Waals surface area contributed by atoms with Gasteiger partial charge < -0.3 is 13.9 Å². The van der Waals surface area contributed by atoms with Gasteiger partial charge in [-0.3, -0.25) is 0 Å². The quantitative estimate of drug-likeness (QED) is 0.673. The van der Waals surface area contributed by atoms with Crippen molar-refractivity contribution in [1.29, 1.82) is 0 Å². The minimum Gasteiger partial charge on any atom is -0.482 e. The normalized spacial score (nSPS) is 10.7. The predicted molar refractivity (Wildman–Crippen MR) is 86.7 cm³/mol. The van der Waals surface area contributed by atoms with E-state index >= 15 is 0 Å². The zero-order valence-electron chi connectivity index (χ0n) is 12.5. The highest BCUT2D eigenvalue weighted by Crippen LogP contribution is 2.13. The van der Waals surface area contributed by atoms with Gasteiger partial charge in [-0.2, -0.15) is 0 Å². The van der Waals surface area contributed by atoms with Gasteiger partial charge in [-0.1, -0.05) is 23.7 Å². The maximum absolute atomic E-state index is 11.7. The molecule has 0 amide bonds. The first-order valence-electron chi connectivity index (χ1n) is 7.08. The summed E-state index contributed by atoms with van der Waals surface area (Å²) in [6.07, 6.45) is 3.52. The third kappa shape index (κ3) is 4.02. The van der Waals surface area contributed by atoms with E-state index in [1.54, 1.807) is 35.0 Å². The zero-order valence-corrected chi connectivity index (χ0v) is 13.3. The third-order valence-electron chi connectivity index (χ3n) is 3.19. The monoisotopic (exact) mass is 330 g/mol. The van der Waals surface area contributed by atoms with Crippen molar-refractivity contribution in [3.05, 3.63) is 65.1 Å². The van der Waals surface area contributed by atoms with E-state index in [0.29, 0.717) is 16.5 Å². The van der Waals surface area contributed by atoms with E-state index in [2.05, 4.69) is 4.98 Å². The first kappa shape index (κ1) is 15.4. The smallest absolute Gasteiger partial charge is 0.344 e. The molecule has 0 aliphatic rings. The molecule has 0 spiro atoms. The first-order chi connectivity index (χ1) is 11.1. The Morgan fingerprint density at radius 3 is 2.96 bits per heavy atom. The van der Waals surface area contributed by atoms with Crippen LogP contribution in [0.3, 0.4) is 0 Å². The number of halogens is 1. The SMILES string of the molecule is Cc1cccc(OCC(=O)OCc2cn3cc(Cl)ccc3n2)c1. The molecule has 2 aromatic heterocycles. The molecule has 23 heavy (non-hydrogen) atoms. The van der Waals surface area contributed by atoms with Crippen molar-refractivity contribution in [2.75, 3.05) is 6.61 Å². The second kappa shape index (κ2) is 6.71. The highest BCUT2D eigenvalue weighted by Gasteiger charge is 2.08. The number of fused-ring (bicyclic) bond motifs is 1. The fourth-order valence-corrected chi connectivity index (χ4v) is 2.30. The Bertz CT molecular complexity index is 845. The summed E-state index contributed by atoms with van der Waals surface area (Å²) in [5.74, 6) is 0.200. The molecule has 0 radical (unpaired) electrons. The lowest BCUT2D eigenvalue weighted by molar-refractivity contribution is -0.147. The van der Waals surface area contributed by atoms with Crippen molar-refractivity contribution in [3.63, 3.8) is 0 Å². The van der Waals surface area contributed by atoms with E-state index in [1.807, 2.05) is 25.1 Å². The van der Waals surface area contributed by atoms with Gasteiger partial charge in [0.2, 0.25) is 0 Å². The molecule has 3 rings (SSSR count). The molecule has 0 fully saturated rings. The number of ether oxygens (including phenoxy) is 2. The molecule has 0 N–H and O–H groups in total. The molecule has 118 valence electrons. The molecule has 0 atom stereocenters. The number of aromatic nitrogens is 2. The van der Waals surface area contributed by atoms with Crippen molar-refractivity contribution in [3.8, 4) is 5.75 Å². The molecule has 5 nitrogen and oxygen atoms in total. The van der Waals surface area contributed by atoms with Crippen LogP contribution in [-0.4, -0.2) is 22.0 Å². The summed E-state index contributed by atoms with van der Waals surface area (Å²) >= 11 is 5.92. The van der Waals surface area contributed by atoms with Crippen LogP contribution in [0, 0.1) is 6.92 Å². The van der Waals surface area contributed by atoms with Gasteiger partial charge in [0, 0.05) is 12.4 Å². The van der Waals surface area contributed by atoms with E-state index in [0.717, 1.165) is 11.2 Å². The molecule has 6 heteroatoms. The Hall–Kier alpha value is -2.53. The van der Waals surface area contributed by atoms with Gasteiger partial charge in [-0.15, -0.1) is 0 Å². The van der Waals surface area contributed by atoms with Gasteiger partial charge in [0.05, 0.1) is 10.7 Å². The molecule has 2 heterocycles. The Labute approximate surface area is 138 Å². The number of hydrogen-bond donors (Lipinski definition) is 0. The largest absolute Gasteiger partial charge is 0.482 e. The van der Waals surface area contributed by atoms with Gasteiger partial charge in [0.1, 0.15) is 18.0 Å². The summed E-state index contributed by atoms with van der Waals surface area (Å²) in [6, 6.07) is 11.0. The van der Waals surface area contributed by atoms with Gasteiger partial charge in [-0.25, -0.2) is 9.78 Å². The standard InChI is InChI=1S/C17H15ClN2O3/c1-12-3-2-4-15(7-12)22-11-17(21)23-10-14-9-20-8-13(18)5-6-16(20)19-14/h2-9H,10-11H2,1H3. The summed E-state index contributed by atoms with van der Waals surface area (Å²) in [7, 11) is 0. The maximum atomic E-state index is 11.7. The summed E-state index contributed by atoms with van der Waals surface area (Å²) in [6.45, 7) is 1.92. The third-order valence-corrected chi connectivity index (χ3v) is 3.42. The summed E-state index contributed by atoms with van der Waals surface area (Å²) in [5.41, 5.74) is 2.46. The topological polar surface area (TPSA) is 52.8 Å². The van der Waals surface area contributed by atoms with Gasteiger partial charge in [-0.05, 0) is 36.8 Å². The van der Waals surface area contributed by atoms with Crippen LogP contribution in [0.15, 0.2) is 48.8 Å². The Morgan fingerprint density at radius 1 is 1.26 bits per heavy atom. The molecule has 0 saturated heterocycles. The number of esters is 1. The Morgan fingerprint density at radius 2 is 2.13 bits per heavy atom. The van der Waals surface area contributed by atoms with E-state index in [-0.39, 0.29) is 13.2 Å². The number of aryl methyl sites for hydroxylation is 1. The van der Waals surface area contributed by atoms with Crippen LogP contribution in [-0.2, 0) is 16.1 Å². The van der Waals surface area contributed by atoms with E-state index in [4.69, 9.17) is 21.1 Å². The van der Waals surface area contributed by atoms with Crippen LogP contribution in [0.4, 0.5) is 0 Å². The zero-order chi connectivity index (χ0) is 16.2. The first-order valence-corrected chi connectivity index (χ1v) is 7.46. The van der Waals surface area contributed by atoms with Crippen LogP contribution >= 0.6 is 11.6 Å². The number of carbonyl (C=O) groups is 1. The number of benzene rings is 1. The summed E-state index contributed by atoms with van der Waals surface area (Å²) in [5, 5.41) is 0.616. The molecule has 3 aromatic rings. The minimum absolute atomic E-state index is 0.0926. The van der Waals surface area contributed by atoms with Crippen molar-refractivity contribution < 1.29 is 14.3 Å². The average molecular weight is 331 g/mol. The van der Waals surface area contributed by atoms with Crippen LogP contribution < -0.4 is 4.74 Å². The van der Waals surface area contributed by atoms with Gasteiger partial charge in [0.25, 0.3) is 0 Å². The number of imidazole rings is 1. The predicted octanol–water partition coefficient (Wildman–Crippen LogP) is 3.42. The highest BCUT2D eigenvalue weighted by molar-refractivity contribution is 6.30. The van der Waals surface area contributed by atoms with Gasteiger partial charge in [0.15, 0.2) is 6.61 Å². The fraction of sp³-hybridized carbons (Fsp3) is 0.176. The molecular formula is C17H15ClN2O3. The van der Waals surface area contributed by atoms with Crippen LogP contribution in [0.25, 0.3) is 5.65 Å². The molecule has 0 unspecified atom stereocenters. The lowest BCUT2D eigenvalue weighted by Crippen LogP contribution is -2.14. The molecule has 0 aliphatic carbocycles. The molecule has 0 bridgehead atoms. The average Bonchev–Trinajstić information content (AvgIpc) is 2.93. The summed E-state index contributed by atoms with van der Waals surface area (Å²) < 4.78 is 12.3. The van der Waals surface area contributed by atoms with Crippen molar-refractivity contribution in [2.24, 2.45) is 0 Å². The Kier molecular flexibility index (Phi) is 4.48. The van der Waals surface area contributed by atoms with Crippen molar-refractivity contribution in [1.82, 2.24) is 9.38 Å². The molecule has 0 aliphatic heterocycles. The van der Waals surface area contributed by atoms with Gasteiger partial charge >= 0.3 is 5.97 Å². The Balaban J connectivity index is 1.53. The molecule has 1 aromatic carbocycles. The summed E-state index contributed by atoms with van der Waals surface area (Å²) in [4.78, 5) is 16.1. The maximum Gasteiger partial charge on any atom is 0.344 e. The number of pyridine rings is 1. The van der Waals surface area contributed by atoms with Crippen LogP contribution in [0.2, 0.25) is 5.02 Å². The van der Waals surface area contributed by atoms with Crippen LogP contribution in [0.5, 0.6) is 5.75 Å². The number of hydrogen-bond acceptors (Lipinski definition) is 4. The minimum atomic E-state index is -0.443. The lowest BCUT2D eigenvalue weighted by Gasteiger charge is -2.06. The van der Waals surface area contributed by atoms with Crippen molar-refractivity contribution >= 4 is 23.2 Å². The molecular weight excluding hydrogens is 316 g/mol. The number of rotatable bonds is 5. The number of nitrogens with zero attached hydrogens (tertiary/aromatic N) is 2.